The minimum Gasteiger partial charge on any atom is -0.480 e. The highest BCUT2D eigenvalue weighted by atomic mass is 32.2. The van der Waals surface area contributed by atoms with Crippen molar-refractivity contribution >= 4 is 17.7 Å². The molecule has 0 aromatic heterocycles. The van der Waals surface area contributed by atoms with Crippen molar-refractivity contribution in [3.05, 3.63) is 70.8 Å². The summed E-state index contributed by atoms with van der Waals surface area (Å²) in [6.45, 7) is 13.2. The van der Waals surface area contributed by atoms with Crippen molar-refractivity contribution in [2.45, 2.75) is 63.7 Å². The molecule has 0 radical (unpaired) electrons. The van der Waals surface area contributed by atoms with Crippen LogP contribution in [-0.4, -0.2) is 22.9 Å². The molecule has 1 atom stereocenters. The molecule has 0 aliphatic carbocycles. The van der Waals surface area contributed by atoms with E-state index in [0.717, 1.165) is 0 Å². The minimum absolute atomic E-state index is 0.0495. The Morgan fingerprint density at radius 3 is 1.50 bits per heavy atom. The van der Waals surface area contributed by atoms with Crippen LogP contribution in [0.3, 0.4) is 0 Å². The molecule has 4 heteroatoms. The van der Waals surface area contributed by atoms with Crippen molar-refractivity contribution in [3.8, 4) is 0 Å². The van der Waals surface area contributed by atoms with Crippen LogP contribution in [0.25, 0.3) is 0 Å². The second-order valence-corrected chi connectivity index (χ2v) is 10.5. The summed E-state index contributed by atoms with van der Waals surface area (Å²) in [6.07, 6.45) is 0. The number of nitrogens with two attached hydrogens (primary N) is 1. The normalized spacial score (nSPS) is 13.6. The molecule has 0 aliphatic heterocycles. The Labute approximate surface area is 173 Å². The zero-order valence-electron chi connectivity index (χ0n) is 17.8. The fraction of sp³-hybridized carbons (Fsp3) is 0.458. The molecule has 0 bridgehead atoms. The van der Waals surface area contributed by atoms with Gasteiger partial charge in [0.1, 0.15) is 6.04 Å². The summed E-state index contributed by atoms with van der Waals surface area (Å²) < 4.78 is 0. The first-order chi connectivity index (χ1) is 12.9. The number of hydrogen-bond donors (Lipinski definition) is 2. The van der Waals surface area contributed by atoms with Gasteiger partial charge in [-0.3, -0.25) is 4.79 Å². The third kappa shape index (κ3) is 5.86. The highest BCUT2D eigenvalue weighted by Gasteiger charge is 2.21. The Kier molecular flexibility index (Phi) is 7.00. The topological polar surface area (TPSA) is 63.3 Å². The van der Waals surface area contributed by atoms with Crippen molar-refractivity contribution in [2.24, 2.45) is 5.73 Å². The van der Waals surface area contributed by atoms with Crippen LogP contribution in [0.4, 0.5) is 0 Å². The number of carboxylic acid groups (broad SMARTS) is 1. The van der Waals surface area contributed by atoms with E-state index >= 15 is 0 Å². The largest absolute Gasteiger partial charge is 0.480 e. The van der Waals surface area contributed by atoms with E-state index in [-0.39, 0.29) is 16.1 Å². The first-order valence-electron chi connectivity index (χ1n) is 9.70. The van der Waals surface area contributed by atoms with E-state index in [4.69, 9.17) is 10.8 Å². The van der Waals surface area contributed by atoms with Crippen molar-refractivity contribution in [1.82, 2.24) is 0 Å². The van der Waals surface area contributed by atoms with Gasteiger partial charge in [-0.05, 0) is 33.1 Å². The third-order valence-electron chi connectivity index (χ3n) is 4.92. The fourth-order valence-electron chi connectivity index (χ4n) is 2.97. The molecule has 0 fully saturated rings. The quantitative estimate of drug-likeness (QED) is 0.672. The maximum atomic E-state index is 11.2. The Morgan fingerprint density at radius 1 is 0.857 bits per heavy atom. The van der Waals surface area contributed by atoms with Gasteiger partial charge in [0.2, 0.25) is 0 Å². The van der Waals surface area contributed by atoms with Gasteiger partial charge in [0.15, 0.2) is 0 Å². The molecular formula is C24H33NO2S. The van der Waals surface area contributed by atoms with E-state index < -0.39 is 12.0 Å². The summed E-state index contributed by atoms with van der Waals surface area (Å²) in [7, 11) is 0. The van der Waals surface area contributed by atoms with Gasteiger partial charge in [-0.15, -0.1) is 11.8 Å². The molecule has 0 saturated heterocycles. The summed E-state index contributed by atoms with van der Waals surface area (Å²) >= 11 is 1.59. The Hall–Kier alpha value is -1.78. The molecule has 28 heavy (non-hydrogen) atoms. The van der Waals surface area contributed by atoms with Gasteiger partial charge in [-0.2, -0.15) is 0 Å². The van der Waals surface area contributed by atoms with Crippen LogP contribution in [0.2, 0.25) is 0 Å². The molecule has 3 N–H and O–H groups in total. The van der Waals surface area contributed by atoms with E-state index in [0.29, 0.717) is 5.75 Å². The molecule has 0 heterocycles. The zero-order valence-corrected chi connectivity index (χ0v) is 18.6. The Bertz CT molecular complexity index is 726. The number of benzene rings is 2. The molecule has 152 valence electrons. The van der Waals surface area contributed by atoms with Gasteiger partial charge < -0.3 is 10.8 Å². The van der Waals surface area contributed by atoms with Crippen molar-refractivity contribution in [1.29, 1.82) is 0 Å². The van der Waals surface area contributed by atoms with Gasteiger partial charge in [-0.1, -0.05) is 90.1 Å². The van der Waals surface area contributed by atoms with Crippen LogP contribution in [0.1, 0.15) is 69.0 Å². The Morgan fingerprint density at radius 2 is 1.21 bits per heavy atom. The molecular weight excluding hydrogens is 366 g/mol. The monoisotopic (exact) mass is 399 g/mol. The molecule has 3 nitrogen and oxygen atoms in total. The van der Waals surface area contributed by atoms with E-state index in [9.17, 15) is 4.79 Å². The van der Waals surface area contributed by atoms with Crippen LogP contribution in [0, 0.1) is 0 Å². The van der Waals surface area contributed by atoms with Crippen LogP contribution in [-0.2, 0) is 15.6 Å². The van der Waals surface area contributed by atoms with E-state index in [1.54, 1.807) is 11.8 Å². The summed E-state index contributed by atoms with van der Waals surface area (Å²) in [5, 5.41) is 9.20. The van der Waals surface area contributed by atoms with Crippen LogP contribution in [0.15, 0.2) is 48.5 Å². The van der Waals surface area contributed by atoms with Gasteiger partial charge >= 0.3 is 5.97 Å². The lowest BCUT2D eigenvalue weighted by atomic mass is 9.85. The second kappa shape index (κ2) is 8.71. The highest BCUT2D eigenvalue weighted by molar-refractivity contribution is 7.99. The zero-order chi connectivity index (χ0) is 21.1. The van der Waals surface area contributed by atoms with Gasteiger partial charge in [0.25, 0.3) is 0 Å². The molecule has 0 saturated carbocycles. The summed E-state index contributed by atoms with van der Waals surface area (Å²) in [6, 6.07) is 16.4. The summed E-state index contributed by atoms with van der Waals surface area (Å²) in [5.41, 5.74) is 10.9. The average molecular weight is 400 g/mol. The average Bonchev–Trinajstić information content (AvgIpc) is 2.61. The lowest BCUT2D eigenvalue weighted by Crippen LogP contribution is -2.32. The van der Waals surface area contributed by atoms with E-state index in [2.05, 4.69) is 90.1 Å². The lowest BCUT2D eigenvalue weighted by Gasteiger charge is -2.24. The van der Waals surface area contributed by atoms with Gasteiger partial charge in [0.05, 0.1) is 5.25 Å². The predicted molar refractivity (Wildman–Crippen MR) is 120 cm³/mol. The first kappa shape index (κ1) is 22.5. The van der Waals surface area contributed by atoms with Crippen LogP contribution >= 0.6 is 11.8 Å². The van der Waals surface area contributed by atoms with Gasteiger partial charge in [-0.25, -0.2) is 0 Å². The van der Waals surface area contributed by atoms with Crippen molar-refractivity contribution in [2.75, 3.05) is 5.75 Å². The fourth-order valence-corrected chi connectivity index (χ4v) is 4.21. The summed E-state index contributed by atoms with van der Waals surface area (Å²) in [4.78, 5) is 11.2. The molecule has 2 aromatic rings. The van der Waals surface area contributed by atoms with Crippen LogP contribution < -0.4 is 5.73 Å². The number of carboxylic acids is 1. The molecule has 2 aromatic carbocycles. The SMILES string of the molecule is CC(C)(C)c1ccc(C(SCC(N)C(=O)O)c2ccc(C(C)(C)C)cc2)cc1. The van der Waals surface area contributed by atoms with Gasteiger partial charge in [0, 0.05) is 5.75 Å². The molecule has 1 unspecified atom stereocenters. The number of rotatable bonds is 6. The molecule has 0 spiro atoms. The number of hydrogen-bond acceptors (Lipinski definition) is 3. The number of carbonyl (C=O) groups is 1. The maximum Gasteiger partial charge on any atom is 0.321 e. The molecule has 0 aliphatic rings. The number of aliphatic carboxylic acids is 1. The maximum absolute atomic E-state index is 11.2. The minimum atomic E-state index is -0.961. The van der Waals surface area contributed by atoms with Crippen LogP contribution in [0.5, 0.6) is 0 Å². The van der Waals surface area contributed by atoms with E-state index in [1.807, 2.05) is 0 Å². The van der Waals surface area contributed by atoms with E-state index in [1.165, 1.54) is 22.3 Å². The molecule has 2 rings (SSSR count). The first-order valence-corrected chi connectivity index (χ1v) is 10.8. The third-order valence-corrected chi connectivity index (χ3v) is 6.35. The molecule has 0 amide bonds. The van der Waals surface area contributed by atoms with Crippen molar-refractivity contribution < 1.29 is 9.90 Å². The second-order valence-electron chi connectivity index (χ2n) is 9.40. The standard InChI is InChI=1S/C24H33NO2S/c1-23(2,3)18-11-7-16(8-12-18)21(28-15-20(25)22(26)27)17-9-13-19(14-10-17)24(4,5)6/h7-14,20-21H,15,25H2,1-6H3,(H,26,27). The summed E-state index contributed by atoms with van der Waals surface area (Å²) in [5.74, 6) is -0.598. The Balaban J connectivity index is 2.35. The number of thioether (sulfide) groups is 1. The highest BCUT2D eigenvalue weighted by Crippen LogP contribution is 2.37. The predicted octanol–water partition coefficient (Wildman–Crippen LogP) is 5.52. The van der Waals surface area contributed by atoms with Crippen molar-refractivity contribution in [3.63, 3.8) is 0 Å². The smallest absolute Gasteiger partial charge is 0.321 e. The lowest BCUT2D eigenvalue weighted by molar-refractivity contribution is -0.137.